The molecule has 8 nitrogen and oxygen atoms in total. The topological polar surface area (TPSA) is 31.9 Å². The van der Waals surface area contributed by atoms with Crippen LogP contribution in [0.5, 0.6) is 11.5 Å². The van der Waals surface area contributed by atoms with E-state index in [-0.39, 0.29) is 13.4 Å². The molecule has 5 heterocycles. The Morgan fingerprint density at radius 1 is 0.190 bits per heavy atom. The van der Waals surface area contributed by atoms with Gasteiger partial charge in [-0.1, -0.05) is 200 Å². The zero-order valence-corrected chi connectivity index (χ0v) is 54.4. The van der Waals surface area contributed by atoms with Crippen LogP contribution in [0.1, 0.15) is 0 Å². The maximum absolute atomic E-state index is 6.69. The van der Waals surface area contributed by atoms with Crippen LogP contribution in [-0.4, -0.2) is 13.4 Å². The maximum atomic E-state index is 6.69. The van der Waals surface area contributed by atoms with Gasteiger partial charge >= 0.3 is 0 Å². The molecule has 5 aliphatic heterocycles. The fourth-order valence-electron chi connectivity index (χ4n) is 16.4. The molecule has 0 atom stereocenters. The second kappa shape index (κ2) is 23.3. The summed E-state index contributed by atoms with van der Waals surface area (Å²) in [7, 11) is 0. The van der Waals surface area contributed by atoms with Gasteiger partial charge < -0.3 is 39.0 Å². The van der Waals surface area contributed by atoms with Gasteiger partial charge in [0.1, 0.15) is 0 Å². The van der Waals surface area contributed by atoms with Crippen molar-refractivity contribution in [3.05, 3.63) is 370 Å². The SMILES string of the molecule is c1ccc(N(c2ccccc2)c2cc3c4c(c2)N(c2ccccc2)c2cc5c(cc2B4c2ccccc2N3c2ccccc2)B2c3ccc(N4c6ccccc6Oc6ccccc64)cc3N(c3ccccc3)c3cc(N(c4ccccc4)c4ccccc4)cc(c32)N5c2ccccc2)cc1. The van der Waals surface area contributed by atoms with Crippen LogP contribution >= 0.6 is 0 Å². The Morgan fingerprint density at radius 3 is 0.860 bits per heavy atom. The molecule has 0 fully saturated rings. The molecule has 15 aromatic rings. The van der Waals surface area contributed by atoms with E-state index in [0.29, 0.717) is 0 Å². The van der Waals surface area contributed by atoms with Gasteiger partial charge in [-0.15, -0.1) is 0 Å². The molecular weight excluding hydrogens is 1220 g/mol. The largest absolute Gasteiger partial charge is 0.453 e. The Labute approximate surface area is 582 Å². The quantitative estimate of drug-likeness (QED) is 0.118. The van der Waals surface area contributed by atoms with Crippen molar-refractivity contribution in [1.82, 2.24) is 0 Å². The third-order valence-electron chi connectivity index (χ3n) is 20.4. The minimum atomic E-state index is -0.271. The zero-order chi connectivity index (χ0) is 65.8. The minimum Gasteiger partial charge on any atom is -0.453 e. The van der Waals surface area contributed by atoms with Crippen LogP contribution in [0.2, 0.25) is 0 Å². The second-order valence-corrected chi connectivity index (χ2v) is 26.0. The molecule has 468 valence electrons. The number of anilines is 21. The third kappa shape index (κ3) is 9.04. The summed E-state index contributed by atoms with van der Waals surface area (Å²) < 4.78 is 6.69. The Bertz CT molecular complexity index is 5520. The van der Waals surface area contributed by atoms with E-state index < -0.39 is 0 Å². The first-order chi connectivity index (χ1) is 49.7. The zero-order valence-electron chi connectivity index (χ0n) is 54.4. The normalized spacial score (nSPS) is 13.1. The van der Waals surface area contributed by atoms with Crippen LogP contribution in [-0.2, 0) is 0 Å². The lowest BCUT2D eigenvalue weighted by Crippen LogP contribution is -2.65. The monoisotopic (exact) mass is 1280 g/mol. The number of rotatable bonds is 11. The summed E-state index contributed by atoms with van der Waals surface area (Å²) in [6, 6.07) is 136. The molecule has 100 heavy (non-hydrogen) atoms. The molecular formula is C90H61B2N7O. The molecule has 0 radical (unpaired) electrons. The summed E-state index contributed by atoms with van der Waals surface area (Å²) >= 11 is 0. The number of hydrogen-bond acceptors (Lipinski definition) is 8. The number of para-hydroxylation sites is 13. The van der Waals surface area contributed by atoms with Crippen molar-refractivity contribution >= 4 is 166 Å². The Morgan fingerprint density at radius 2 is 0.480 bits per heavy atom. The molecule has 0 unspecified atom stereocenters. The molecule has 20 rings (SSSR count). The van der Waals surface area contributed by atoms with Crippen molar-refractivity contribution in [2.45, 2.75) is 0 Å². The van der Waals surface area contributed by atoms with Crippen LogP contribution in [0.15, 0.2) is 370 Å². The van der Waals surface area contributed by atoms with Crippen molar-refractivity contribution in [3.63, 3.8) is 0 Å². The Balaban J connectivity index is 0.911. The lowest BCUT2D eigenvalue weighted by molar-refractivity contribution is 0.477. The van der Waals surface area contributed by atoms with Gasteiger partial charge in [0.05, 0.1) is 22.7 Å². The lowest BCUT2D eigenvalue weighted by atomic mass is 9.30. The predicted molar refractivity (Wildman–Crippen MR) is 419 cm³/mol. The highest BCUT2D eigenvalue weighted by Gasteiger charge is 2.49. The van der Waals surface area contributed by atoms with Crippen molar-refractivity contribution in [2.24, 2.45) is 0 Å². The highest BCUT2D eigenvalue weighted by molar-refractivity contribution is 7.03. The van der Waals surface area contributed by atoms with Crippen molar-refractivity contribution in [1.29, 1.82) is 0 Å². The minimum absolute atomic E-state index is 0.205. The fraction of sp³-hybridized carbons (Fsp3) is 0. The first kappa shape index (κ1) is 57.1. The first-order valence-electron chi connectivity index (χ1n) is 34.3. The highest BCUT2D eigenvalue weighted by Crippen LogP contribution is 2.55. The molecule has 0 saturated heterocycles. The number of fused-ring (bicyclic) bond motifs is 10. The Hall–Kier alpha value is -13.2. The van der Waals surface area contributed by atoms with E-state index in [2.05, 4.69) is 404 Å². The molecule has 0 aliphatic carbocycles. The van der Waals surface area contributed by atoms with E-state index in [0.717, 1.165) is 131 Å². The summed E-state index contributed by atoms with van der Waals surface area (Å²) in [5.41, 5.74) is 29.7. The molecule has 5 aliphatic rings. The number of ether oxygens (including phenoxy) is 1. The van der Waals surface area contributed by atoms with Crippen molar-refractivity contribution in [3.8, 4) is 11.5 Å². The van der Waals surface area contributed by atoms with Gasteiger partial charge in [-0.2, -0.15) is 0 Å². The third-order valence-corrected chi connectivity index (χ3v) is 20.4. The second-order valence-electron chi connectivity index (χ2n) is 26.0. The molecule has 0 saturated carbocycles. The molecule has 0 bridgehead atoms. The van der Waals surface area contributed by atoms with E-state index in [1.807, 2.05) is 0 Å². The predicted octanol–water partition coefficient (Wildman–Crippen LogP) is 20.4. The van der Waals surface area contributed by atoms with Crippen LogP contribution < -0.4 is 71.8 Å². The van der Waals surface area contributed by atoms with Crippen LogP contribution in [0, 0.1) is 0 Å². The molecule has 0 spiro atoms. The van der Waals surface area contributed by atoms with Crippen LogP contribution in [0.3, 0.4) is 0 Å². The van der Waals surface area contributed by atoms with Gasteiger partial charge in [0, 0.05) is 96.7 Å². The average Bonchev–Trinajstić information content (AvgIpc) is 0.683. The van der Waals surface area contributed by atoms with Gasteiger partial charge in [-0.25, -0.2) is 0 Å². The van der Waals surface area contributed by atoms with Crippen LogP contribution in [0.4, 0.5) is 119 Å². The highest BCUT2D eigenvalue weighted by atomic mass is 16.5. The molecule has 0 amide bonds. The molecule has 10 heteroatoms. The summed E-state index contributed by atoms with van der Waals surface area (Å²) in [6.45, 7) is -0.475. The van der Waals surface area contributed by atoms with E-state index in [9.17, 15) is 0 Å². The lowest BCUT2D eigenvalue weighted by Gasteiger charge is -2.48. The number of nitrogens with zero attached hydrogens (tertiary/aromatic N) is 7. The van der Waals surface area contributed by atoms with Gasteiger partial charge in [-0.3, -0.25) is 0 Å². The summed E-state index contributed by atoms with van der Waals surface area (Å²) in [6.07, 6.45) is 0. The van der Waals surface area contributed by atoms with E-state index >= 15 is 0 Å². The average molecular weight is 1280 g/mol. The standard InChI is InChI=1S/C90H61B2N7O/c1-9-31-62(32-10-1)93(63-33-11-2-12-34-63)71-56-83-89-85(58-71)97(68-43-21-7-22-44-68)81-61-82-76(60-75(81)91(89)73-47-25-26-48-77(73)95(83)66-39-17-5-18-40-66)92-74-54-53-70(99-78-49-27-29-51-87(78)100-88-52-30-28-50-79(88)99)55-80(74)96(67-41-19-6-20-42-67)84-57-72(59-86(90(84)92)98(82)69-45-23-8-24-46-69)94(64-35-13-3-14-36-64)65-37-15-4-16-38-65/h1-61H. The fourth-order valence-corrected chi connectivity index (χ4v) is 16.4. The van der Waals surface area contributed by atoms with Crippen LogP contribution in [0.25, 0.3) is 0 Å². The molecule has 0 N–H and O–H groups in total. The summed E-state index contributed by atoms with van der Waals surface area (Å²) in [4.78, 5) is 17.4. The van der Waals surface area contributed by atoms with Gasteiger partial charge in [0.25, 0.3) is 13.4 Å². The summed E-state index contributed by atoms with van der Waals surface area (Å²) in [5, 5.41) is 0. The van der Waals surface area contributed by atoms with Crippen molar-refractivity contribution in [2.75, 3.05) is 34.3 Å². The van der Waals surface area contributed by atoms with E-state index in [1.54, 1.807) is 0 Å². The molecule has 15 aromatic carbocycles. The Kier molecular flexibility index (Phi) is 13.3. The van der Waals surface area contributed by atoms with Crippen molar-refractivity contribution < 1.29 is 4.74 Å². The van der Waals surface area contributed by atoms with Gasteiger partial charge in [0.15, 0.2) is 11.5 Å². The smallest absolute Gasteiger partial charge is 0.252 e. The van der Waals surface area contributed by atoms with Gasteiger partial charge in [-0.05, 0) is 203 Å². The number of hydrogen-bond donors (Lipinski definition) is 0. The van der Waals surface area contributed by atoms with E-state index in [4.69, 9.17) is 4.74 Å². The maximum Gasteiger partial charge on any atom is 0.252 e. The van der Waals surface area contributed by atoms with E-state index in [1.165, 1.54) is 32.8 Å². The number of benzene rings is 15. The summed E-state index contributed by atoms with van der Waals surface area (Å²) in [5.74, 6) is 1.61. The first-order valence-corrected chi connectivity index (χ1v) is 34.3. The molecule has 0 aromatic heterocycles. The van der Waals surface area contributed by atoms with Gasteiger partial charge in [0.2, 0.25) is 0 Å².